The molecule has 1 atom stereocenters. The molecule has 2 heterocycles. The molecule has 4 nitrogen and oxygen atoms in total. The van der Waals surface area contributed by atoms with Crippen LogP contribution in [0, 0.1) is 0 Å². The van der Waals surface area contributed by atoms with Crippen LogP contribution in [0.2, 0.25) is 0 Å². The molecule has 20 heavy (non-hydrogen) atoms. The third-order valence-corrected chi connectivity index (χ3v) is 3.76. The number of hydrogen-bond acceptors (Lipinski definition) is 4. The first-order valence-corrected chi connectivity index (χ1v) is 7.15. The molecular weight excluding hydrogens is 293 g/mol. The molecule has 1 aromatic heterocycles. The molecule has 1 fully saturated rings. The maximum atomic E-state index is 12.0. The summed E-state index contributed by atoms with van der Waals surface area (Å²) in [4.78, 5) is 15.4. The summed E-state index contributed by atoms with van der Waals surface area (Å²) in [5.41, 5.74) is 0.0717. The van der Waals surface area contributed by atoms with Gasteiger partial charge in [0.25, 0.3) is 5.91 Å². The summed E-state index contributed by atoms with van der Waals surface area (Å²) in [6.45, 7) is -1.36. The third-order valence-electron chi connectivity index (χ3n) is 2.62. The number of carbonyl (C=O) groups excluding carboxylic acids is 1. The van der Waals surface area contributed by atoms with Crippen LogP contribution in [0.4, 0.5) is 13.2 Å². The number of carbonyl (C=O) groups is 1. The molecule has 0 spiro atoms. The molecule has 1 aliphatic rings. The number of alkyl halides is 3. The Bertz CT molecular complexity index is 459. The predicted molar refractivity (Wildman–Crippen MR) is 69.0 cm³/mol. The van der Waals surface area contributed by atoms with Gasteiger partial charge in [0.1, 0.15) is 12.6 Å². The number of pyridine rings is 1. The monoisotopic (exact) mass is 306 g/mol. The third kappa shape index (κ3) is 4.59. The highest BCUT2D eigenvalue weighted by atomic mass is 32.2. The molecule has 0 saturated carbocycles. The molecule has 1 aliphatic heterocycles. The van der Waals surface area contributed by atoms with Crippen LogP contribution in [0.5, 0.6) is 5.88 Å². The van der Waals surface area contributed by atoms with Gasteiger partial charge in [-0.2, -0.15) is 24.9 Å². The predicted octanol–water partition coefficient (Wildman–Crippen LogP) is 2.26. The van der Waals surface area contributed by atoms with Crippen molar-refractivity contribution >= 4 is 17.7 Å². The molecule has 2 rings (SSSR count). The highest BCUT2D eigenvalue weighted by Crippen LogP contribution is 2.22. The van der Waals surface area contributed by atoms with Crippen molar-refractivity contribution in [2.45, 2.75) is 18.7 Å². The summed E-state index contributed by atoms with van der Waals surface area (Å²) < 4.78 is 41.5. The van der Waals surface area contributed by atoms with Gasteiger partial charge < -0.3 is 10.1 Å². The minimum atomic E-state index is -4.42. The number of aromatic nitrogens is 1. The van der Waals surface area contributed by atoms with E-state index < -0.39 is 18.6 Å². The molecule has 1 N–H and O–H groups in total. The van der Waals surface area contributed by atoms with E-state index in [9.17, 15) is 18.0 Å². The van der Waals surface area contributed by atoms with Gasteiger partial charge in [-0.15, -0.1) is 0 Å². The molecule has 8 heteroatoms. The van der Waals surface area contributed by atoms with Gasteiger partial charge in [0.2, 0.25) is 5.88 Å². The average molecular weight is 306 g/mol. The summed E-state index contributed by atoms with van der Waals surface area (Å²) in [6.07, 6.45) is -2.16. The zero-order valence-electron chi connectivity index (χ0n) is 10.4. The van der Waals surface area contributed by atoms with Crippen LogP contribution >= 0.6 is 11.8 Å². The summed E-state index contributed by atoms with van der Waals surface area (Å²) >= 11 is 1.79. The number of nitrogens with zero attached hydrogens (tertiary/aromatic N) is 1. The lowest BCUT2D eigenvalue weighted by molar-refractivity contribution is -0.123. The van der Waals surface area contributed by atoms with E-state index in [-0.39, 0.29) is 11.7 Å². The van der Waals surface area contributed by atoms with E-state index in [0.29, 0.717) is 5.88 Å². The van der Waals surface area contributed by atoms with E-state index in [1.165, 1.54) is 18.3 Å². The molecule has 0 aliphatic carbocycles. The van der Waals surface area contributed by atoms with Gasteiger partial charge in [0.15, 0.2) is 0 Å². The van der Waals surface area contributed by atoms with E-state index in [1.807, 2.05) is 0 Å². The zero-order valence-corrected chi connectivity index (χ0v) is 11.3. The van der Waals surface area contributed by atoms with E-state index in [4.69, 9.17) is 4.74 Å². The van der Waals surface area contributed by atoms with Crippen molar-refractivity contribution in [2.75, 3.05) is 18.1 Å². The van der Waals surface area contributed by atoms with Gasteiger partial charge >= 0.3 is 6.18 Å². The van der Waals surface area contributed by atoms with Crippen LogP contribution in [0.15, 0.2) is 18.3 Å². The summed E-state index contributed by atoms with van der Waals surface area (Å²) in [7, 11) is 0. The minimum Gasteiger partial charge on any atom is -0.473 e. The van der Waals surface area contributed by atoms with Crippen LogP contribution in [0.3, 0.4) is 0 Å². The van der Waals surface area contributed by atoms with Gasteiger partial charge in [0, 0.05) is 18.0 Å². The Labute approximate surface area is 118 Å². The maximum absolute atomic E-state index is 12.0. The van der Waals surface area contributed by atoms with Crippen LogP contribution < -0.4 is 10.1 Å². The van der Waals surface area contributed by atoms with Crippen LogP contribution in [0.25, 0.3) is 0 Å². The summed E-state index contributed by atoms with van der Waals surface area (Å²) in [5.74, 6) is 1.51. The normalized spacial score (nSPS) is 18.9. The number of rotatable bonds is 4. The molecule has 0 radical (unpaired) electrons. The van der Waals surface area contributed by atoms with Gasteiger partial charge in [-0.25, -0.2) is 4.98 Å². The highest BCUT2D eigenvalue weighted by Gasteiger charge is 2.28. The molecule has 1 aromatic rings. The fourth-order valence-electron chi connectivity index (χ4n) is 1.64. The standard InChI is InChI=1S/C12H13F3N2O2S/c13-12(14,15)7-17-11(18)8-1-2-10(16-5-8)19-9-3-4-20-6-9/h1-2,5,9H,3-4,6-7H2,(H,17,18)/t9-/m0/s1. The van der Waals surface area contributed by atoms with Crippen LogP contribution in [0.1, 0.15) is 16.8 Å². The Hall–Kier alpha value is -1.44. The lowest BCUT2D eigenvalue weighted by Crippen LogP contribution is -2.33. The van der Waals surface area contributed by atoms with Crippen LogP contribution in [-0.4, -0.2) is 41.2 Å². The zero-order chi connectivity index (χ0) is 14.6. The van der Waals surface area contributed by atoms with Crippen molar-refractivity contribution in [1.82, 2.24) is 10.3 Å². The first kappa shape index (κ1) is 15.0. The smallest absolute Gasteiger partial charge is 0.405 e. The number of hydrogen-bond donors (Lipinski definition) is 1. The van der Waals surface area contributed by atoms with E-state index in [2.05, 4.69) is 4.98 Å². The van der Waals surface area contributed by atoms with Crippen molar-refractivity contribution in [2.24, 2.45) is 0 Å². The van der Waals surface area contributed by atoms with Crippen molar-refractivity contribution in [3.63, 3.8) is 0 Å². The number of amides is 1. The second kappa shape index (κ2) is 6.34. The lowest BCUT2D eigenvalue weighted by Gasteiger charge is -2.12. The van der Waals surface area contributed by atoms with E-state index in [0.717, 1.165) is 17.9 Å². The Morgan fingerprint density at radius 3 is 2.85 bits per heavy atom. The second-order valence-electron chi connectivity index (χ2n) is 4.29. The van der Waals surface area contributed by atoms with Crippen molar-refractivity contribution in [3.8, 4) is 5.88 Å². The maximum Gasteiger partial charge on any atom is 0.405 e. The van der Waals surface area contributed by atoms with Gasteiger partial charge in [-0.05, 0) is 18.2 Å². The minimum absolute atomic E-state index is 0.0717. The Morgan fingerprint density at radius 1 is 1.50 bits per heavy atom. The van der Waals surface area contributed by atoms with Crippen LogP contribution in [-0.2, 0) is 0 Å². The Kier molecular flexibility index (Phi) is 4.74. The quantitative estimate of drug-likeness (QED) is 0.927. The largest absolute Gasteiger partial charge is 0.473 e. The van der Waals surface area contributed by atoms with Gasteiger partial charge in [0.05, 0.1) is 5.56 Å². The highest BCUT2D eigenvalue weighted by molar-refractivity contribution is 7.99. The topological polar surface area (TPSA) is 51.2 Å². The molecule has 1 saturated heterocycles. The number of halogens is 3. The van der Waals surface area contributed by atoms with Gasteiger partial charge in [-0.1, -0.05) is 0 Å². The second-order valence-corrected chi connectivity index (χ2v) is 5.44. The van der Waals surface area contributed by atoms with E-state index in [1.54, 1.807) is 17.1 Å². The van der Waals surface area contributed by atoms with E-state index >= 15 is 0 Å². The van der Waals surface area contributed by atoms with Gasteiger partial charge in [-0.3, -0.25) is 4.79 Å². The lowest BCUT2D eigenvalue weighted by atomic mass is 10.2. The molecule has 110 valence electrons. The molecule has 0 bridgehead atoms. The number of nitrogens with one attached hydrogen (secondary N) is 1. The molecule has 0 aromatic carbocycles. The fraction of sp³-hybridized carbons (Fsp3) is 0.500. The first-order valence-electron chi connectivity index (χ1n) is 5.99. The SMILES string of the molecule is O=C(NCC(F)(F)F)c1ccc(O[C@H]2CCSC2)nc1. The summed E-state index contributed by atoms with van der Waals surface area (Å²) in [5, 5.41) is 1.78. The molecule has 0 unspecified atom stereocenters. The first-order chi connectivity index (χ1) is 9.44. The fourth-order valence-corrected chi connectivity index (χ4v) is 2.74. The molecular formula is C12H13F3N2O2S. The number of ether oxygens (including phenoxy) is 1. The molecule has 1 amide bonds. The average Bonchev–Trinajstić information content (AvgIpc) is 2.89. The Morgan fingerprint density at radius 2 is 2.30 bits per heavy atom. The van der Waals surface area contributed by atoms with Crippen molar-refractivity contribution in [1.29, 1.82) is 0 Å². The number of thioether (sulfide) groups is 1. The Balaban J connectivity index is 1.88. The van der Waals surface area contributed by atoms with Crippen molar-refractivity contribution < 1.29 is 22.7 Å². The van der Waals surface area contributed by atoms with Crippen molar-refractivity contribution in [3.05, 3.63) is 23.9 Å². The summed E-state index contributed by atoms with van der Waals surface area (Å²) in [6, 6.07) is 2.89.